The number of aliphatic carboxylic acids is 1. The lowest BCUT2D eigenvalue weighted by Gasteiger charge is -2.51. The molecular formula is C93H163N5O47. The van der Waals surface area contributed by atoms with Gasteiger partial charge in [0, 0.05) is 33.6 Å². The monoisotopic (exact) mass is 2100 g/mol. The standard InChI is InChI=1S/C93H163N5O47/c1-6-8-10-12-14-16-18-20-22-24-26-28-30-32-49(110)48(97-59(113)33-31-29-27-25-23-21-19-17-15-13-11-9-7-2)43-130-88-74(124)73(123)80(57(41-105)137-88)141-89-75(125)82(67(117)53(37-101)133-89)142-86-63(95-46(4)108)71(121)78(55(39-103)135-86)139-90-76(126)83(69(119)58(138-90)44-131-85-62(94-45(3)107)70(120)66(116)52(36-100)132-85)143-87-64(96-47(5)109)72(122)79(56(40-104)136-87)140-91-77(127)84(68(118)54(38-102)134-91)145-93(92(128)129)34-50(111)61(98-60(114)42-106)81(144-93)65(115)51(112)35-99/h30,32,48-58,61-91,99-106,110-112,115-127H,6-29,31,33-44H2,1-5H3,(H,94,107)(H,95,108)(H,96,109)(H,97,113)(H,98,114)(H,128,129)/b32-30+/t48-,49+,50?,51+,52?,53?,54?,55?,56?,57?,58?,61+,62?,63?,64?,65+,66+,67-,68-,69-,70+,71+,72+,73+,74?,75?,76?,77?,78+,79+,80+,81?,82-,83-,84-,85+,86-,87-,88+,89-,90-,91-,93-/m0/s1. The van der Waals surface area contributed by atoms with Gasteiger partial charge in [0.15, 0.2) is 44.0 Å². The second-order valence-corrected chi connectivity index (χ2v) is 38.5. The Morgan fingerprint density at radius 3 is 1.17 bits per heavy atom. The summed E-state index contributed by atoms with van der Waals surface area (Å²) in [4.78, 5) is 78.6. The summed E-state index contributed by atoms with van der Waals surface area (Å²) in [6.07, 6.45) is -49.5. The van der Waals surface area contributed by atoms with Crippen LogP contribution in [0.25, 0.3) is 0 Å². The third kappa shape index (κ3) is 35.2. The number of unbranched alkanes of at least 4 members (excludes halogenated alkanes) is 23. The van der Waals surface area contributed by atoms with Gasteiger partial charge < -0.3 is 230 Å². The number of aliphatic hydroxyl groups excluding tert-OH is 24. The Morgan fingerprint density at radius 1 is 0.372 bits per heavy atom. The zero-order valence-corrected chi connectivity index (χ0v) is 82.7. The molecule has 0 bridgehead atoms. The van der Waals surface area contributed by atoms with Crippen molar-refractivity contribution < 1.29 is 232 Å². The molecule has 0 spiro atoms. The molecule has 43 atom stereocenters. The lowest BCUT2D eigenvalue weighted by Crippen LogP contribution is -2.71. The Bertz CT molecular complexity index is 3760. The molecule has 8 rings (SSSR count). The van der Waals surface area contributed by atoms with Crippen molar-refractivity contribution in [3.63, 3.8) is 0 Å². The maximum Gasteiger partial charge on any atom is 0.364 e. The fraction of sp³-hybridized carbons (Fsp3) is 0.914. The number of aliphatic hydroxyl groups is 24. The molecular weight excluding hydrogens is 1940 g/mol. The number of rotatable bonds is 62. The van der Waals surface area contributed by atoms with Crippen molar-refractivity contribution in [2.45, 2.75) is 471 Å². The summed E-state index contributed by atoms with van der Waals surface area (Å²) < 4.78 is 95.8. The minimum absolute atomic E-state index is 0.129. The summed E-state index contributed by atoms with van der Waals surface area (Å²) in [6.45, 7) is -3.70. The second-order valence-electron chi connectivity index (χ2n) is 38.5. The molecule has 0 aromatic rings. The molecule has 30 N–H and O–H groups in total. The molecule has 5 amide bonds. The van der Waals surface area contributed by atoms with Crippen LogP contribution >= 0.6 is 0 Å². The number of carbonyl (C=O) groups is 6. The number of nitrogens with one attached hydrogen (secondary N) is 5. The highest BCUT2D eigenvalue weighted by molar-refractivity contribution is 5.78. The van der Waals surface area contributed by atoms with Crippen LogP contribution in [-0.2, 0) is 105 Å². The number of hydrogen-bond donors (Lipinski definition) is 30. The van der Waals surface area contributed by atoms with Crippen LogP contribution in [0.3, 0.4) is 0 Å². The SMILES string of the molecule is CCCCCCCCCCCCC/C=C/[C@@H](O)[C@H](CO[C@@H]1OC(CO)[C@@H](O[C@@H]2OC(CO)[C@H](O)[C@H](O[C@@H]3OC(CO)[C@@H](O[C@@H]4OC(CO[C@@H]5OC(CO)[C@@H](O)[C@H](O)C5NC(C)=O)[C@H](O)[C@H](O[C@@H]5OC(CO)[C@@H](O[C@@H]6OC(CO)[C@H](O)[C@H](O[C@]7(C(=O)O)CC(O)[C@@H](NC(=O)CO)C([C@H](O)[C@H](O)CO)O7)C6O)[C@H](O)C5NC(C)=O)C4O)[C@H](O)C3NC(C)=O)C2O)[C@H](O)C1O)NC(=O)CCCCCCCCCCCCCCC. The summed E-state index contributed by atoms with van der Waals surface area (Å²) in [5, 5.41) is 295. The van der Waals surface area contributed by atoms with Crippen molar-refractivity contribution >= 4 is 35.5 Å². The van der Waals surface area contributed by atoms with E-state index in [9.17, 15) is 156 Å². The van der Waals surface area contributed by atoms with Crippen LogP contribution in [0.1, 0.15) is 208 Å². The number of carboxylic acid groups (broad SMARTS) is 1. The third-order valence-electron chi connectivity index (χ3n) is 27.3. The molecule has 0 saturated carbocycles. The second kappa shape index (κ2) is 63.0. The van der Waals surface area contributed by atoms with E-state index in [4.69, 9.17) is 75.8 Å². The molecule has 8 aliphatic rings. The number of carboxylic acids is 1. The average molecular weight is 2100 g/mol. The molecule has 145 heavy (non-hydrogen) atoms. The predicted molar refractivity (Wildman–Crippen MR) is 492 cm³/mol. The average Bonchev–Trinajstić information content (AvgIpc) is 0.752. The molecule has 8 aliphatic heterocycles. The van der Waals surface area contributed by atoms with Gasteiger partial charge in [-0.1, -0.05) is 167 Å². The summed E-state index contributed by atoms with van der Waals surface area (Å²) >= 11 is 0. The van der Waals surface area contributed by atoms with E-state index in [1.165, 1.54) is 89.5 Å². The zero-order chi connectivity index (χ0) is 107. The van der Waals surface area contributed by atoms with Crippen LogP contribution < -0.4 is 26.6 Å². The first-order chi connectivity index (χ1) is 69.3. The maximum absolute atomic E-state index is 13.6. The van der Waals surface area contributed by atoms with E-state index in [1.807, 2.05) is 6.08 Å². The number of ether oxygens (including phenoxy) is 16. The van der Waals surface area contributed by atoms with Crippen LogP contribution in [0.4, 0.5) is 0 Å². The van der Waals surface area contributed by atoms with Crippen LogP contribution in [0.5, 0.6) is 0 Å². The fourth-order valence-corrected chi connectivity index (χ4v) is 19.1. The minimum Gasteiger partial charge on any atom is -0.477 e. The number of hydrogen-bond acceptors (Lipinski definition) is 46. The van der Waals surface area contributed by atoms with E-state index in [0.29, 0.717) is 12.8 Å². The molecule has 842 valence electrons. The van der Waals surface area contributed by atoms with Gasteiger partial charge in [-0.05, 0) is 19.3 Å². The van der Waals surface area contributed by atoms with Gasteiger partial charge in [0.1, 0.15) is 196 Å². The molecule has 0 aromatic carbocycles. The lowest BCUT2D eigenvalue weighted by molar-refractivity contribution is -0.393. The predicted octanol–water partition coefficient (Wildman–Crippen LogP) is -9.09. The van der Waals surface area contributed by atoms with Gasteiger partial charge in [0.25, 0.3) is 5.79 Å². The fourth-order valence-electron chi connectivity index (χ4n) is 19.1. The first kappa shape index (κ1) is 125. The molecule has 8 heterocycles. The van der Waals surface area contributed by atoms with Crippen molar-refractivity contribution in [2.24, 2.45) is 0 Å². The smallest absolute Gasteiger partial charge is 0.364 e. The van der Waals surface area contributed by atoms with Crippen molar-refractivity contribution in [1.29, 1.82) is 0 Å². The van der Waals surface area contributed by atoms with Gasteiger partial charge in [-0.2, -0.15) is 0 Å². The Morgan fingerprint density at radius 2 is 0.745 bits per heavy atom. The molecule has 52 heteroatoms. The number of amides is 5. The third-order valence-corrected chi connectivity index (χ3v) is 27.3. The molecule has 0 aliphatic carbocycles. The quantitative estimate of drug-likeness (QED) is 0.0199. The van der Waals surface area contributed by atoms with E-state index >= 15 is 0 Å². The van der Waals surface area contributed by atoms with Crippen LogP contribution in [0.15, 0.2) is 12.2 Å². The highest BCUT2D eigenvalue weighted by Gasteiger charge is 2.63. The van der Waals surface area contributed by atoms with Crippen molar-refractivity contribution in [1.82, 2.24) is 26.6 Å². The Labute approximate surface area is 840 Å². The van der Waals surface area contributed by atoms with Gasteiger partial charge in [0.05, 0.1) is 83.8 Å². The molecule has 8 fully saturated rings. The first-order valence-corrected chi connectivity index (χ1v) is 50.8. The molecule has 0 radical (unpaired) electrons. The van der Waals surface area contributed by atoms with E-state index in [-0.39, 0.29) is 12.3 Å². The summed E-state index contributed by atoms with van der Waals surface area (Å²) in [6, 6.07) is -8.84. The Hall–Kier alpha value is -5.04. The highest BCUT2D eigenvalue weighted by atomic mass is 16.8. The highest BCUT2D eigenvalue weighted by Crippen LogP contribution is 2.42. The van der Waals surface area contributed by atoms with Gasteiger partial charge in [-0.25, -0.2) is 4.79 Å². The van der Waals surface area contributed by atoms with Gasteiger partial charge in [-0.3, -0.25) is 24.0 Å². The first-order valence-electron chi connectivity index (χ1n) is 50.8. The topological polar surface area (TPSA) is 816 Å². The number of allylic oxidation sites excluding steroid dienone is 1. The van der Waals surface area contributed by atoms with Gasteiger partial charge in [-0.15, -0.1) is 0 Å². The van der Waals surface area contributed by atoms with E-state index < -0.39 is 365 Å². The van der Waals surface area contributed by atoms with Gasteiger partial charge in [0.2, 0.25) is 29.5 Å². The number of carbonyl (C=O) groups excluding carboxylic acids is 5. The molecule has 52 nitrogen and oxygen atoms in total. The van der Waals surface area contributed by atoms with E-state index in [1.54, 1.807) is 0 Å². The van der Waals surface area contributed by atoms with Crippen molar-refractivity contribution in [3.8, 4) is 0 Å². The normalized spacial score (nSPS) is 38.2. The molecule has 0 aromatic heterocycles. The lowest BCUT2D eigenvalue weighted by atomic mass is 9.88. The van der Waals surface area contributed by atoms with Crippen molar-refractivity contribution in [2.75, 3.05) is 66.1 Å². The summed E-state index contributed by atoms with van der Waals surface area (Å²) in [5.74, 6) is -10.0. The summed E-state index contributed by atoms with van der Waals surface area (Å²) in [5.41, 5.74) is 0. The van der Waals surface area contributed by atoms with Crippen molar-refractivity contribution in [3.05, 3.63) is 12.2 Å². The van der Waals surface area contributed by atoms with Gasteiger partial charge >= 0.3 is 5.97 Å². The van der Waals surface area contributed by atoms with E-state index in [0.717, 1.165) is 85.0 Å². The Balaban J connectivity index is 1.00. The minimum atomic E-state index is -3.36. The molecule has 16 unspecified atom stereocenters. The Kier molecular flexibility index (Phi) is 54.3. The van der Waals surface area contributed by atoms with Crippen LogP contribution in [0.2, 0.25) is 0 Å². The summed E-state index contributed by atoms with van der Waals surface area (Å²) in [7, 11) is 0. The zero-order valence-electron chi connectivity index (χ0n) is 82.7. The van der Waals surface area contributed by atoms with Crippen LogP contribution in [-0.4, -0.2) is 492 Å². The maximum atomic E-state index is 13.6. The van der Waals surface area contributed by atoms with Crippen LogP contribution in [0, 0.1) is 0 Å². The largest absolute Gasteiger partial charge is 0.477 e. The molecule has 8 saturated heterocycles. The van der Waals surface area contributed by atoms with E-state index in [2.05, 4.69) is 40.4 Å².